The lowest BCUT2D eigenvalue weighted by Crippen LogP contribution is -2.51. The maximum absolute atomic E-state index is 14.2. The Morgan fingerprint density at radius 1 is 0.652 bits per heavy atom. The number of benzene rings is 4. The van der Waals surface area contributed by atoms with Crippen molar-refractivity contribution in [2.24, 2.45) is 5.92 Å². The molecule has 4 atom stereocenters. The lowest BCUT2D eigenvalue weighted by Gasteiger charge is -2.30. The van der Waals surface area contributed by atoms with Crippen LogP contribution in [0.2, 0.25) is 0 Å². The number of hydrogen-bond donors (Lipinski definition) is 4. The summed E-state index contributed by atoms with van der Waals surface area (Å²) in [5, 5.41) is 7.73. The largest absolute Gasteiger partial charge is 0.453 e. The van der Waals surface area contributed by atoms with Crippen LogP contribution in [0, 0.1) is 5.92 Å². The quantitative estimate of drug-likeness (QED) is 0.0888. The van der Waals surface area contributed by atoms with Crippen LogP contribution in [0.25, 0.3) is 44.4 Å². The van der Waals surface area contributed by atoms with E-state index in [0.29, 0.717) is 25.4 Å². The predicted molar refractivity (Wildman–Crippen MR) is 252 cm³/mol. The van der Waals surface area contributed by atoms with Gasteiger partial charge in [0.25, 0.3) is 0 Å². The van der Waals surface area contributed by atoms with Gasteiger partial charge in [0.15, 0.2) is 0 Å². The number of carbonyl (C=O) groups is 4. The summed E-state index contributed by atoms with van der Waals surface area (Å²) in [6, 6.07) is 27.7. The summed E-state index contributed by atoms with van der Waals surface area (Å²) in [7, 11) is 2.61. The number of ether oxygens (including phenoxy) is 2. The molecule has 3 aliphatic rings. The number of methoxy groups -OCH3 is 2. The van der Waals surface area contributed by atoms with Crippen LogP contribution in [-0.2, 0) is 25.5 Å². The second-order valence-electron chi connectivity index (χ2n) is 18.2. The van der Waals surface area contributed by atoms with Gasteiger partial charge in [-0.25, -0.2) is 19.6 Å². The van der Waals surface area contributed by atoms with Gasteiger partial charge in [-0.3, -0.25) is 9.59 Å². The van der Waals surface area contributed by atoms with Crippen LogP contribution >= 0.6 is 0 Å². The molecule has 4 N–H and O–H groups in total. The van der Waals surface area contributed by atoms with Gasteiger partial charge in [0.1, 0.15) is 23.7 Å². The first-order chi connectivity index (χ1) is 32.1. The van der Waals surface area contributed by atoms with Crippen LogP contribution in [0.3, 0.4) is 0 Å². The lowest BCUT2D eigenvalue weighted by molar-refractivity contribution is -0.135. The zero-order valence-electron chi connectivity index (χ0n) is 38.0. The van der Waals surface area contributed by atoms with Gasteiger partial charge in [-0.05, 0) is 101 Å². The van der Waals surface area contributed by atoms with E-state index in [0.717, 1.165) is 87.3 Å². The zero-order chi connectivity index (χ0) is 45.9. The molecule has 0 bridgehead atoms. The van der Waals surface area contributed by atoms with E-state index in [9.17, 15) is 19.2 Å². The maximum atomic E-state index is 14.2. The van der Waals surface area contributed by atoms with Gasteiger partial charge in [0.05, 0.1) is 50.1 Å². The first-order valence-corrected chi connectivity index (χ1v) is 23.2. The summed E-state index contributed by atoms with van der Waals surface area (Å²) in [4.78, 5) is 72.5. The molecule has 9 rings (SSSR count). The van der Waals surface area contributed by atoms with Crippen molar-refractivity contribution in [1.29, 1.82) is 0 Å². The fourth-order valence-electron chi connectivity index (χ4n) is 9.80. The molecule has 2 aromatic heterocycles. The van der Waals surface area contributed by atoms with Crippen molar-refractivity contribution in [3.8, 4) is 33.6 Å². The second kappa shape index (κ2) is 19.3. The van der Waals surface area contributed by atoms with E-state index in [1.807, 2.05) is 48.2 Å². The Labute approximate surface area is 384 Å². The van der Waals surface area contributed by atoms with Crippen LogP contribution in [0.4, 0.5) is 9.59 Å². The smallest absolute Gasteiger partial charge is 0.407 e. The number of imidazole rings is 2. The first kappa shape index (κ1) is 44.3. The molecule has 2 saturated heterocycles. The number of hydrogen-bond acceptors (Lipinski definition) is 8. The van der Waals surface area contributed by atoms with Gasteiger partial charge in [-0.1, -0.05) is 93.1 Å². The highest BCUT2D eigenvalue weighted by Gasteiger charge is 2.39. The minimum Gasteiger partial charge on any atom is -0.453 e. The average molecular weight is 891 g/mol. The molecule has 1 saturated carbocycles. The highest BCUT2D eigenvalue weighted by molar-refractivity contribution is 5.91. The molecule has 2 aliphatic heterocycles. The summed E-state index contributed by atoms with van der Waals surface area (Å²) in [5.74, 6) is 1.64. The minimum absolute atomic E-state index is 0.108. The third-order valence-corrected chi connectivity index (χ3v) is 13.7. The van der Waals surface area contributed by atoms with Crippen LogP contribution in [0.15, 0.2) is 97.3 Å². The van der Waals surface area contributed by atoms with Crippen molar-refractivity contribution in [1.82, 2.24) is 40.4 Å². The molecular weight excluding hydrogens is 833 g/mol. The number of amides is 4. The Kier molecular flexibility index (Phi) is 12.9. The van der Waals surface area contributed by atoms with Gasteiger partial charge in [-0.15, -0.1) is 0 Å². The summed E-state index contributed by atoms with van der Waals surface area (Å²) in [5.41, 5.74) is 8.19. The third-order valence-electron chi connectivity index (χ3n) is 13.7. The topological polar surface area (TPSA) is 175 Å². The number of H-pyrrole nitrogens is 2. The summed E-state index contributed by atoms with van der Waals surface area (Å²) in [6.07, 6.45) is 9.64. The second-order valence-corrected chi connectivity index (χ2v) is 18.2. The van der Waals surface area contributed by atoms with E-state index in [-0.39, 0.29) is 29.8 Å². The maximum Gasteiger partial charge on any atom is 0.407 e. The number of alkyl carbamates (subject to hydrolysis) is 2. The van der Waals surface area contributed by atoms with Crippen molar-refractivity contribution in [3.63, 3.8) is 0 Å². The number of likely N-dealkylation sites (tertiary alicyclic amines) is 2. The van der Waals surface area contributed by atoms with Crippen molar-refractivity contribution in [2.75, 3.05) is 27.3 Å². The highest BCUT2D eigenvalue weighted by atomic mass is 16.5. The van der Waals surface area contributed by atoms with Gasteiger partial charge < -0.3 is 39.9 Å². The highest BCUT2D eigenvalue weighted by Crippen LogP contribution is 2.38. The zero-order valence-corrected chi connectivity index (χ0v) is 38.0. The van der Waals surface area contributed by atoms with E-state index in [1.165, 1.54) is 39.0 Å². The van der Waals surface area contributed by atoms with E-state index in [1.54, 1.807) is 0 Å². The first-order valence-electron chi connectivity index (χ1n) is 23.2. The Balaban J connectivity index is 0.859. The third kappa shape index (κ3) is 9.27. The summed E-state index contributed by atoms with van der Waals surface area (Å²) < 4.78 is 9.72. The van der Waals surface area contributed by atoms with Crippen LogP contribution in [0.1, 0.15) is 99.6 Å². The SMILES string of the molecule is COC(=O)N[C@@H](Cc1cccc(C2CCC2)c1)C(=O)N1CCC[C@H]1c1ncc(-c2ccc(-c3ccc4cc(-c5cnc([C@@H]6CCCN6C(=O)[C@@H](NC(=O)OC)C(C)C)[nH]5)ccc4c3)cc2)[nH]1. The molecule has 4 heterocycles. The number of carbonyl (C=O) groups excluding carboxylic acids is 4. The Hall–Kier alpha value is -6.96. The summed E-state index contributed by atoms with van der Waals surface area (Å²) in [6.45, 7) is 4.98. The van der Waals surface area contributed by atoms with Crippen molar-refractivity contribution in [3.05, 3.63) is 120 Å². The molecule has 14 nitrogen and oxygen atoms in total. The number of nitrogens with zero attached hydrogens (tertiary/aromatic N) is 4. The van der Waals surface area contributed by atoms with Crippen molar-refractivity contribution in [2.45, 2.75) is 95.3 Å². The van der Waals surface area contributed by atoms with Crippen LogP contribution in [-0.4, -0.2) is 93.1 Å². The molecule has 3 fully saturated rings. The Bertz CT molecular complexity index is 2720. The standard InChI is InChI=1S/C52H58N8O6/c1-31(2)46(58-52(64)66-4)50(62)60-24-8-14-45(60)48-54-30-43(56-48)40-22-21-38-27-37(19-20-39(38)28-40)34-15-17-35(18-16-34)42-29-53-47(55-42)44-13-7-23-59(44)49(61)41(57-51(63)65-3)26-32-9-5-12-36(25-32)33-10-6-11-33/h5,9,12,15-22,25,27-31,33,41,44-46H,6-8,10-11,13-14,23-24,26H2,1-4H3,(H,53,55)(H,54,56)(H,57,63)(H,58,64)/t41-,44-,45-,46-/m0/s1. The molecule has 342 valence electrons. The molecule has 0 unspecified atom stereocenters. The number of nitrogens with one attached hydrogen (secondary N) is 4. The van der Waals surface area contributed by atoms with Crippen LogP contribution in [0.5, 0.6) is 0 Å². The van der Waals surface area contributed by atoms with Gasteiger partial charge >= 0.3 is 12.2 Å². The van der Waals surface area contributed by atoms with Gasteiger partial charge in [-0.2, -0.15) is 0 Å². The van der Waals surface area contributed by atoms with Crippen molar-refractivity contribution >= 4 is 34.8 Å². The fourth-order valence-corrected chi connectivity index (χ4v) is 9.80. The van der Waals surface area contributed by atoms with Gasteiger partial charge in [0.2, 0.25) is 11.8 Å². The van der Waals surface area contributed by atoms with E-state index in [4.69, 9.17) is 19.4 Å². The molecule has 0 spiro atoms. The Morgan fingerprint density at radius 3 is 1.82 bits per heavy atom. The average Bonchev–Trinajstić information content (AvgIpc) is 4.17. The van der Waals surface area contributed by atoms with E-state index in [2.05, 4.69) is 93.4 Å². The molecule has 4 amide bonds. The fraction of sp³-hybridized carbons (Fsp3) is 0.385. The molecular formula is C52H58N8O6. The number of fused-ring (bicyclic) bond motifs is 1. The Morgan fingerprint density at radius 2 is 1.21 bits per heavy atom. The van der Waals surface area contributed by atoms with E-state index >= 15 is 0 Å². The molecule has 4 aromatic carbocycles. The predicted octanol–water partition coefficient (Wildman–Crippen LogP) is 9.23. The molecule has 66 heavy (non-hydrogen) atoms. The summed E-state index contributed by atoms with van der Waals surface area (Å²) >= 11 is 0. The normalized spacial score (nSPS) is 18.3. The molecule has 14 heteroatoms. The van der Waals surface area contributed by atoms with Crippen LogP contribution < -0.4 is 10.6 Å². The number of aromatic nitrogens is 4. The molecule has 1 aliphatic carbocycles. The molecule has 6 aromatic rings. The number of aromatic amines is 2. The number of rotatable bonds is 13. The van der Waals surface area contributed by atoms with E-state index < -0.39 is 24.3 Å². The molecule has 0 radical (unpaired) electrons. The lowest BCUT2D eigenvalue weighted by atomic mass is 9.79. The van der Waals surface area contributed by atoms with Gasteiger partial charge in [0, 0.05) is 25.1 Å². The minimum atomic E-state index is -0.769. The monoisotopic (exact) mass is 890 g/mol. The van der Waals surface area contributed by atoms with Crippen molar-refractivity contribution < 1.29 is 28.7 Å².